The second kappa shape index (κ2) is 6.34. The molecule has 1 aliphatic heterocycles. The average Bonchev–Trinajstić information content (AvgIpc) is 2.92. The molecule has 0 aromatic carbocycles. The fourth-order valence-electron chi connectivity index (χ4n) is 6.21. The minimum Gasteiger partial charge on any atom is -0.349 e. The fraction of sp³-hybridized carbons (Fsp3) is 0.800. The van der Waals surface area contributed by atoms with Crippen molar-refractivity contribution in [3.8, 4) is 0 Å². The van der Waals surface area contributed by atoms with Crippen molar-refractivity contribution in [2.24, 2.45) is 34.3 Å². The average molecular weight is 361 g/mol. The summed E-state index contributed by atoms with van der Waals surface area (Å²) in [7, 11) is 0. The standard InChI is InChI=1S/C20H31N3O3/c1-19-7-5-12(23-26-10-9-21)11-15(19)22-18(25)17-13-3-4-16(24)20(13,2)8-6-14(17)19/h11,13-15,17,23H,3-10,21H2,1-2H3,(H,22,25)/t13-,14-,15?,17-,19+,20-/m0/s1. The number of carbonyl (C=O) groups excluding carboxylic acids is 2. The lowest BCUT2D eigenvalue weighted by molar-refractivity contribution is -0.152. The van der Waals surface area contributed by atoms with Crippen molar-refractivity contribution >= 4 is 11.7 Å². The van der Waals surface area contributed by atoms with Gasteiger partial charge in [0, 0.05) is 30.0 Å². The summed E-state index contributed by atoms with van der Waals surface area (Å²) in [6, 6.07) is 0.0236. The zero-order chi connectivity index (χ0) is 18.5. The maximum absolute atomic E-state index is 13.1. The molecule has 2 saturated carbocycles. The summed E-state index contributed by atoms with van der Waals surface area (Å²) >= 11 is 0. The molecular weight excluding hydrogens is 330 g/mol. The van der Waals surface area contributed by atoms with Crippen molar-refractivity contribution in [3.63, 3.8) is 0 Å². The molecule has 4 rings (SSSR count). The van der Waals surface area contributed by atoms with Crippen LogP contribution in [0.15, 0.2) is 11.8 Å². The van der Waals surface area contributed by atoms with E-state index in [9.17, 15) is 9.59 Å². The van der Waals surface area contributed by atoms with Gasteiger partial charge in [0.15, 0.2) is 0 Å². The van der Waals surface area contributed by atoms with Gasteiger partial charge in [0.25, 0.3) is 0 Å². The summed E-state index contributed by atoms with van der Waals surface area (Å²) in [5, 5.41) is 3.28. The number of rotatable bonds is 4. The van der Waals surface area contributed by atoms with Gasteiger partial charge in [0.05, 0.1) is 12.6 Å². The van der Waals surface area contributed by atoms with Crippen molar-refractivity contribution < 1.29 is 14.4 Å². The second-order valence-electron chi connectivity index (χ2n) is 9.08. The molecule has 0 aromatic rings. The van der Waals surface area contributed by atoms with E-state index >= 15 is 0 Å². The molecule has 4 N–H and O–H groups in total. The number of nitrogens with one attached hydrogen (secondary N) is 2. The normalized spacial score (nSPS) is 44.5. The van der Waals surface area contributed by atoms with E-state index in [0.717, 1.165) is 37.8 Å². The van der Waals surface area contributed by atoms with Gasteiger partial charge >= 0.3 is 0 Å². The highest BCUT2D eigenvalue weighted by molar-refractivity contribution is 5.90. The Morgan fingerprint density at radius 1 is 1.23 bits per heavy atom. The molecule has 1 saturated heterocycles. The first-order valence-corrected chi connectivity index (χ1v) is 10.0. The molecule has 0 spiro atoms. The van der Waals surface area contributed by atoms with Gasteiger partial charge in [0.1, 0.15) is 5.78 Å². The number of Topliss-reactive ketones (excluding diaryl/α,β-unsaturated/α-hetero) is 1. The van der Waals surface area contributed by atoms with Gasteiger partial charge in [-0.05, 0) is 55.4 Å². The van der Waals surface area contributed by atoms with Crippen molar-refractivity contribution in [3.05, 3.63) is 11.8 Å². The van der Waals surface area contributed by atoms with Crippen LogP contribution in [-0.2, 0) is 14.4 Å². The van der Waals surface area contributed by atoms with Crippen LogP contribution in [0.5, 0.6) is 0 Å². The van der Waals surface area contributed by atoms with Crippen LogP contribution in [-0.4, -0.2) is 30.9 Å². The van der Waals surface area contributed by atoms with Crippen LogP contribution < -0.4 is 16.5 Å². The molecule has 1 unspecified atom stereocenters. The van der Waals surface area contributed by atoms with Gasteiger partial charge in [-0.1, -0.05) is 13.8 Å². The Hall–Kier alpha value is -1.40. The molecule has 0 bridgehead atoms. The first-order chi connectivity index (χ1) is 12.4. The highest BCUT2D eigenvalue weighted by atomic mass is 16.6. The Balaban J connectivity index is 1.58. The minimum atomic E-state index is -0.283. The molecule has 3 fully saturated rings. The second-order valence-corrected chi connectivity index (χ2v) is 9.08. The molecule has 6 atom stereocenters. The number of ketones is 1. The zero-order valence-corrected chi connectivity index (χ0v) is 15.8. The summed E-state index contributed by atoms with van der Waals surface area (Å²) in [5.41, 5.74) is 9.24. The predicted octanol–water partition coefficient (Wildman–Crippen LogP) is 1.66. The van der Waals surface area contributed by atoms with Gasteiger partial charge in [-0.3, -0.25) is 19.9 Å². The molecule has 6 nitrogen and oxygen atoms in total. The predicted molar refractivity (Wildman–Crippen MR) is 97.5 cm³/mol. The minimum absolute atomic E-state index is 0.0159. The summed E-state index contributed by atoms with van der Waals surface area (Å²) in [5.74, 6) is 1.06. The first-order valence-electron chi connectivity index (χ1n) is 10.0. The Bertz CT molecular complexity index is 648. The third-order valence-electron chi connectivity index (χ3n) is 7.86. The number of fused-ring (bicyclic) bond motifs is 5. The van der Waals surface area contributed by atoms with E-state index in [4.69, 9.17) is 10.6 Å². The maximum Gasteiger partial charge on any atom is 0.224 e. The smallest absolute Gasteiger partial charge is 0.224 e. The van der Waals surface area contributed by atoms with Crippen LogP contribution in [0.2, 0.25) is 0 Å². The lowest BCUT2D eigenvalue weighted by atomic mass is 9.49. The van der Waals surface area contributed by atoms with Gasteiger partial charge in [-0.15, -0.1) is 0 Å². The van der Waals surface area contributed by atoms with E-state index in [2.05, 4.69) is 30.7 Å². The Labute approximate surface area is 155 Å². The Morgan fingerprint density at radius 3 is 2.81 bits per heavy atom. The molecule has 144 valence electrons. The van der Waals surface area contributed by atoms with Crippen LogP contribution in [0.3, 0.4) is 0 Å². The SMILES string of the molecule is C[C@]12CCC(NOCCN)=CC1NC(=O)[C@@H]1[C@@H]2CC[C@]2(C)C(=O)CC[C@@H]12. The van der Waals surface area contributed by atoms with Gasteiger partial charge in [0.2, 0.25) is 5.91 Å². The number of allylic oxidation sites excluding steroid dienone is 1. The molecule has 0 aromatic heterocycles. The van der Waals surface area contributed by atoms with Gasteiger partial charge < -0.3 is 11.1 Å². The Morgan fingerprint density at radius 2 is 2.04 bits per heavy atom. The number of nitrogens with two attached hydrogens (primary N) is 1. The number of amides is 1. The maximum atomic E-state index is 13.1. The summed E-state index contributed by atoms with van der Waals surface area (Å²) in [6.07, 6.45) is 7.48. The van der Waals surface area contributed by atoms with Crippen LogP contribution in [0, 0.1) is 28.6 Å². The van der Waals surface area contributed by atoms with Crippen molar-refractivity contribution in [1.82, 2.24) is 10.8 Å². The Kier molecular flexibility index (Phi) is 4.39. The van der Waals surface area contributed by atoms with Crippen molar-refractivity contribution in [2.75, 3.05) is 13.2 Å². The van der Waals surface area contributed by atoms with Gasteiger partial charge in [-0.25, -0.2) is 0 Å². The molecule has 1 amide bonds. The van der Waals surface area contributed by atoms with Gasteiger partial charge in [-0.2, -0.15) is 0 Å². The molecule has 6 heteroatoms. The molecule has 26 heavy (non-hydrogen) atoms. The number of piperidine rings is 1. The summed E-state index contributed by atoms with van der Waals surface area (Å²) in [4.78, 5) is 30.9. The third-order valence-corrected chi connectivity index (χ3v) is 7.86. The summed E-state index contributed by atoms with van der Waals surface area (Å²) < 4.78 is 0. The van der Waals surface area contributed by atoms with E-state index in [-0.39, 0.29) is 34.6 Å². The highest BCUT2D eigenvalue weighted by Crippen LogP contribution is 2.61. The van der Waals surface area contributed by atoms with E-state index in [0.29, 0.717) is 31.3 Å². The van der Waals surface area contributed by atoms with E-state index in [1.54, 1.807) is 0 Å². The number of hydrogen-bond donors (Lipinski definition) is 3. The largest absolute Gasteiger partial charge is 0.349 e. The molecular formula is C20H31N3O3. The zero-order valence-electron chi connectivity index (χ0n) is 15.8. The molecule has 1 heterocycles. The quantitative estimate of drug-likeness (QED) is 0.523. The van der Waals surface area contributed by atoms with Crippen molar-refractivity contribution in [1.29, 1.82) is 0 Å². The first kappa shape index (κ1) is 18.0. The van der Waals surface area contributed by atoms with E-state index < -0.39 is 0 Å². The molecule has 0 radical (unpaired) electrons. The van der Waals surface area contributed by atoms with E-state index in [1.807, 2.05) is 0 Å². The van der Waals surface area contributed by atoms with Crippen molar-refractivity contribution in [2.45, 2.75) is 58.4 Å². The van der Waals surface area contributed by atoms with E-state index in [1.165, 1.54) is 0 Å². The lowest BCUT2D eigenvalue weighted by Gasteiger charge is -2.57. The highest BCUT2D eigenvalue weighted by Gasteiger charge is 2.62. The third kappa shape index (κ3) is 2.53. The molecule has 3 aliphatic carbocycles. The van der Waals surface area contributed by atoms with Crippen LogP contribution in [0.1, 0.15) is 52.4 Å². The number of hydroxylamine groups is 1. The topological polar surface area (TPSA) is 93.4 Å². The molecule has 4 aliphatic rings. The fourth-order valence-corrected chi connectivity index (χ4v) is 6.21. The monoisotopic (exact) mass is 361 g/mol. The van der Waals surface area contributed by atoms with Crippen LogP contribution in [0.4, 0.5) is 0 Å². The summed E-state index contributed by atoms with van der Waals surface area (Å²) in [6.45, 7) is 5.36. The van der Waals surface area contributed by atoms with Crippen LogP contribution in [0.25, 0.3) is 0 Å². The number of hydrogen-bond acceptors (Lipinski definition) is 5. The lowest BCUT2D eigenvalue weighted by Crippen LogP contribution is -2.64. The van der Waals surface area contributed by atoms with Crippen LogP contribution >= 0.6 is 0 Å². The number of carbonyl (C=O) groups is 2.